The van der Waals surface area contributed by atoms with Crippen molar-refractivity contribution in [1.29, 1.82) is 0 Å². The standard InChI is InChI=1S/C22H26FN3O4/c1-29-12-13-30-22-17(8-5-11-24-22)21(28)25-16-9-10-18(23)19(14-16)26-20(27)15-6-3-2-4-7-15/h5,8-11,14-15H,2-4,6-7,12-13H2,1H3,(H,25,28)(H,26,27). The van der Waals surface area contributed by atoms with Crippen LogP contribution in [-0.4, -0.2) is 37.1 Å². The Morgan fingerprint density at radius 3 is 2.70 bits per heavy atom. The Balaban J connectivity index is 1.69. The first-order valence-electron chi connectivity index (χ1n) is 10.1. The van der Waals surface area contributed by atoms with Crippen LogP contribution in [-0.2, 0) is 9.53 Å². The van der Waals surface area contributed by atoms with E-state index in [9.17, 15) is 14.0 Å². The topological polar surface area (TPSA) is 89.6 Å². The number of carbonyl (C=O) groups is 2. The van der Waals surface area contributed by atoms with Crippen LogP contribution >= 0.6 is 0 Å². The number of hydrogen-bond donors (Lipinski definition) is 2. The highest BCUT2D eigenvalue weighted by Crippen LogP contribution is 2.27. The second-order valence-electron chi connectivity index (χ2n) is 7.17. The van der Waals surface area contributed by atoms with Gasteiger partial charge in [0.15, 0.2) is 0 Å². The summed E-state index contributed by atoms with van der Waals surface area (Å²) < 4.78 is 24.6. The number of methoxy groups -OCH3 is 1. The summed E-state index contributed by atoms with van der Waals surface area (Å²) in [6, 6.07) is 7.27. The lowest BCUT2D eigenvalue weighted by Crippen LogP contribution is -2.25. The molecule has 1 aromatic carbocycles. The average molecular weight is 415 g/mol. The molecule has 1 aliphatic carbocycles. The maximum absolute atomic E-state index is 14.2. The zero-order valence-electron chi connectivity index (χ0n) is 16.9. The molecular formula is C22H26FN3O4. The lowest BCUT2D eigenvalue weighted by molar-refractivity contribution is -0.120. The minimum absolute atomic E-state index is 0.0473. The number of nitrogens with one attached hydrogen (secondary N) is 2. The second kappa shape index (κ2) is 10.7. The van der Waals surface area contributed by atoms with Gasteiger partial charge in [-0.15, -0.1) is 0 Å². The number of nitrogens with zero attached hydrogens (tertiary/aromatic N) is 1. The molecule has 0 aliphatic heterocycles. The normalized spacial score (nSPS) is 14.2. The highest BCUT2D eigenvalue weighted by Gasteiger charge is 2.22. The highest BCUT2D eigenvalue weighted by molar-refractivity contribution is 6.06. The summed E-state index contributed by atoms with van der Waals surface area (Å²) in [7, 11) is 1.55. The van der Waals surface area contributed by atoms with Crippen LogP contribution in [0.5, 0.6) is 5.88 Å². The predicted octanol–water partition coefficient (Wildman–Crippen LogP) is 4.02. The maximum atomic E-state index is 14.2. The number of ether oxygens (including phenoxy) is 2. The first kappa shape index (κ1) is 21.7. The molecule has 3 rings (SSSR count). The fraction of sp³-hybridized carbons (Fsp3) is 0.409. The molecular weight excluding hydrogens is 389 g/mol. The van der Waals surface area contributed by atoms with Crippen LogP contribution in [0.1, 0.15) is 42.5 Å². The molecule has 0 bridgehead atoms. The van der Waals surface area contributed by atoms with Crippen LogP contribution in [0.2, 0.25) is 0 Å². The molecule has 1 aliphatic rings. The van der Waals surface area contributed by atoms with Crippen molar-refractivity contribution < 1.29 is 23.5 Å². The molecule has 30 heavy (non-hydrogen) atoms. The fourth-order valence-corrected chi connectivity index (χ4v) is 3.40. The van der Waals surface area contributed by atoms with Gasteiger partial charge in [0.25, 0.3) is 5.91 Å². The van der Waals surface area contributed by atoms with Crippen LogP contribution < -0.4 is 15.4 Å². The van der Waals surface area contributed by atoms with Crippen LogP contribution in [0.3, 0.4) is 0 Å². The molecule has 1 aromatic heterocycles. The van der Waals surface area contributed by atoms with Gasteiger partial charge in [0.05, 0.1) is 12.3 Å². The van der Waals surface area contributed by atoms with Crippen molar-refractivity contribution in [3.05, 3.63) is 47.9 Å². The SMILES string of the molecule is COCCOc1ncccc1C(=O)Nc1ccc(F)c(NC(=O)C2CCCCC2)c1. The zero-order valence-corrected chi connectivity index (χ0v) is 16.9. The Morgan fingerprint density at radius 2 is 1.93 bits per heavy atom. The van der Waals surface area contributed by atoms with E-state index in [1.165, 1.54) is 24.4 Å². The van der Waals surface area contributed by atoms with Crippen molar-refractivity contribution in [2.75, 3.05) is 31.0 Å². The molecule has 1 heterocycles. The molecule has 0 atom stereocenters. The monoisotopic (exact) mass is 415 g/mol. The van der Waals surface area contributed by atoms with E-state index in [2.05, 4.69) is 15.6 Å². The summed E-state index contributed by atoms with van der Waals surface area (Å²) >= 11 is 0. The Labute approximate surface area is 175 Å². The molecule has 8 heteroatoms. The summed E-state index contributed by atoms with van der Waals surface area (Å²) in [6.45, 7) is 0.612. The van der Waals surface area contributed by atoms with E-state index in [0.29, 0.717) is 12.3 Å². The van der Waals surface area contributed by atoms with Gasteiger partial charge in [0.2, 0.25) is 11.8 Å². The van der Waals surface area contributed by atoms with Crippen molar-refractivity contribution in [3.8, 4) is 5.88 Å². The van der Waals surface area contributed by atoms with E-state index < -0.39 is 11.7 Å². The van der Waals surface area contributed by atoms with Gasteiger partial charge in [-0.1, -0.05) is 19.3 Å². The van der Waals surface area contributed by atoms with Crippen molar-refractivity contribution in [1.82, 2.24) is 4.98 Å². The number of carbonyl (C=O) groups excluding carboxylic acids is 2. The summed E-state index contributed by atoms with van der Waals surface area (Å²) in [4.78, 5) is 29.2. The van der Waals surface area contributed by atoms with E-state index in [-0.39, 0.29) is 35.6 Å². The predicted molar refractivity (Wildman–Crippen MR) is 111 cm³/mol. The summed E-state index contributed by atoms with van der Waals surface area (Å²) in [6.07, 6.45) is 6.31. The van der Waals surface area contributed by atoms with Gasteiger partial charge in [0.1, 0.15) is 18.0 Å². The van der Waals surface area contributed by atoms with Gasteiger partial charge in [0, 0.05) is 24.9 Å². The molecule has 0 unspecified atom stereocenters. The van der Waals surface area contributed by atoms with E-state index >= 15 is 0 Å². The zero-order chi connectivity index (χ0) is 21.3. The van der Waals surface area contributed by atoms with Gasteiger partial charge >= 0.3 is 0 Å². The second-order valence-corrected chi connectivity index (χ2v) is 7.17. The molecule has 0 spiro atoms. The summed E-state index contributed by atoms with van der Waals surface area (Å²) in [5.74, 6) is -1.11. The van der Waals surface area contributed by atoms with Gasteiger partial charge in [-0.25, -0.2) is 9.37 Å². The van der Waals surface area contributed by atoms with Crippen molar-refractivity contribution in [2.24, 2.45) is 5.92 Å². The Kier molecular flexibility index (Phi) is 7.73. The number of halogens is 1. The average Bonchev–Trinajstić information content (AvgIpc) is 2.77. The third-order valence-electron chi connectivity index (χ3n) is 5.00. The highest BCUT2D eigenvalue weighted by atomic mass is 19.1. The van der Waals surface area contributed by atoms with Crippen molar-refractivity contribution in [3.63, 3.8) is 0 Å². The summed E-state index contributed by atoms with van der Waals surface area (Å²) in [5.41, 5.74) is 0.642. The molecule has 2 amide bonds. The third kappa shape index (κ3) is 5.76. The number of rotatable bonds is 8. The van der Waals surface area contributed by atoms with Crippen molar-refractivity contribution in [2.45, 2.75) is 32.1 Å². The molecule has 2 aromatic rings. The van der Waals surface area contributed by atoms with Crippen molar-refractivity contribution >= 4 is 23.2 Å². The number of benzene rings is 1. The van der Waals surface area contributed by atoms with Gasteiger partial charge < -0.3 is 20.1 Å². The Morgan fingerprint density at radius 1 is 1.13 bits per heavy atom. The van der Waals surface area contributed by atoms with Crippen LogP contribution in [0, 0.1) is 11.7 Å². The Bertz CT molecular complexity index is 884. The number of pyridine rings is 1. The van der Waals surface area contributed by atoms with E-state index in [0.717, 1.165) is 32.1 Å². The van der Waals surface area contributed by atoms with Crippen LogP contribution in [0.4, 0.5) is 15.8 Å². The van der Waals surface area contributed by atoms with Gasteiger partial charge in [-0.05, 0) is 43.2 Å². The molecule has 0 radical (unpaired) electrons. The molecule has 1 saturated carbocycles. The number of anilines is 2. The minimum Gasteiger partial charge on any atom is -0.475 e. The van der Waals surface area contributed by atoms with Crippen LogP contribution in [0.15, 0.2) is 36.5 Å². The quantitative estimate of drug-likeness (QED) is 0.636. The van der Waals surface area contributed by atoms with Gasteiger partial charge in [-0.3, -0.25) is 9.59 Å². The molecule has 0 saturated heterocycles. The van der Waals surface area contributed by atoms with Gasteiger partial charge in [-0.2, -0.15) is 0 Å². The lowest BCUT2D eigenvalue weighted by atomic mass is 9.88. The number of aromatic nitrogens is 1. The first-order chi connectivity index (χ1) is 14.6. The molecule has 160 valence electrons. The number of amides is 2. The Hall–Kier alpha value is -3.00. The number of hydrogen-bond acceptors (Lipinski definition) is 5. The van der Waals surface area contributed by atoms with Crippen LogP contribution in [0.25, 0.3) is 0 Å². The minimum atomic E-state index is -0.554. The fourth-order valence-electron chi connectivity index (χ4n) is 3.40. The molecule has 1 fully saturated rings. The smallest absolute Gasteiger partial charge is 0.261 e. The van der Waals surface area contributed by atoms with E-state index in [4.69, 9.17) is 9.47 Å². The lowest BCUT2D eigenvalue weighted by Gasteiger charge is -2.21. The summed E-state index contributed by atoms with van der Waals surface area (Å²) in [5, 5.41) is 5.36. The first-order valence-corrected chi connectivity index (χ1v) is 10.1. The maximum Gasteiger partial charge on any atom is 0.261 e. The molecule has 7 nitrogen and oxygen atoms in total. The van der Waals surface area contributed by atoms with E-state index in [1.54, 1.807) is 19.2 Å². The van der Waals surface area contributed by atoms with E-state index in [1.807, 2.05) is 0 Å². The molecule has 2 N–H and O–H groups in total. The third-order valence-corrected chi connectivity index (χ3v) is 5.00. The largest absolute Gasteiger partial charge is 0.475 e.